The summed E-state index contributed by atoms with van der Waals surface area (Å²) in [6.45, 7) is 0. The van der Waals surface area contributed by atoms with Gasteiger partial charge in [0, 0.05) is 17.4 Å². The summed E-state index contributed by atoms with van der Waals surface area (Å²) in [5, 5.41) is 4.92. The second-order valence-corrected chi connectivity index (χ2v) is 7.80. The number of hydrogen-bond acceptors (Lipinski definition) is 3. The number of methoxy groups -OCH3 is 2. The van der Waals surface area contributed by atoms with E-state index in [4.69, 9.17) is 14.6 Å². The van der Waals surface area contributed by atoms with Gasteiger partial charge in [0.1, 0.15) is 0 Å². The summed E-state index contributed by atoms with van der Waals surface area (Å²) in [5.74, 6) is 2.81. The monoisotopic (exact) mass is 412 g/mol. The first-order chi connectivity index (χ1) is 15.3. The van der Waals surface area contributed by atoms with E-state index in [1.54, 1.807) is 14.2 Å². The molecule has 1 aliphatic rings. The summed E-state index contributed by atoms with van der Waals surface area (Å²) in [6, 6.07) is 27.6. The molecule has 0 fully saturated rings. The van der Waals surface area contributed by atoms with Gasteiger partial charge in [0.15, 0.2) is 11.5 Å². The molecule has 1 aromatic heterocycles. The topological polar surface area (TPSA) is 40.2 Å². The summed E-state index contributed by atoms with van der Waals surface area (Å²) >= 11 is 0. The van der Waals surface area contributed by atoms with Crippen LogP contribution in [-0.4, -0.2) is 24.0 Å². The first-order valence-electron chi connectivity index (χ1n) is 10.6. The van der Waals surface area contributed by atoms with Crippen molar-refractivity contribution >= 4 is 0 Å². The Morgan fingerprint density at radius 1 is 0.839 bits per heavy atom. The molecule has 2 heterocycles. The maximum absolute atomic E-state index is 5.61. The maximum Gasteiger partial charge on any atom is 0.278 e. The van der Waals surface area contributed by atoms with Crippen molar-refractivity contribution in [1.29, 1.82) is 0 Å². The van der Waals surface area contributed by atoms with E-state index in [1.165, 1.54) is 11.1 Å². The number of rotatable bonds is 6. The van der Waals surface area contributed by atoms with E-state index in [1.807, 2.05) is 22.9 Å². The van der Waals surface area contributed by atoms with Crippen LogP contribution in [0.3, 0.4) is 0 Å². The number of para-hydroxylation sites is 1. The smallest absolute Gasteiger partial charge is 0.278 e. The van der Waals surface area contributed by atoms with Crippen molar-refractivity contribution in [2.75, 3.05) is 14.2 Å². The Labute approximate surface area is 182 Å². The third-order valence-corrected chi connectivity index (χ3v) is 6.11. The predicted octanol–water partition coefficient (Wildman–Crippen LogP) is 4.50. The second kappa shape index (κ2) is 8.26. The van der Waals surface area contributed by atoms with E-state index >= 15 is 0 Å². The number of hydrogen-bond donors (Lipinski definition) is 0. The van der Waals surface area contributed by atoms with Crippen LogP contribution in [0.15, 0.2) is 85.2 Å². The van der Waals surface area contributed by atoms with Gasteiger partial charge in [-0.15, -0.1) is 0 Å². The van der Waals surface area contributed by atoms with Crippen LogP contribution in [-0.2, 0) is 6.42 Å². The molecule has 1 unspecified atom stereocenters. The molecule has 0 bridgehead atoms. The van der Waals surface area contributed by atoms with Crippen LogP contribution in [0.25, 0.3) is 5.69 Å². The van der Waals surface area contributed by atoms with Gasteiger partial charge in [-0.05, 0) is 29.7 Å². The van der Waals surface area contributed by atoms with E-state index in [-0.39, 0.29) is 12.0 Å². The fourth-order valence-corrected chi connectivity index (χ4v) is 4.71. The third kappa shape index (κ3) is 3.46. The molecule has 1 atom stereocenters. The van der Waals surface area contributed by atoms with Crippen LogP contribution in [0.2, 0.25) is 0 Å². The summed E-state index contributed by atoms with van der Waals surface area (Å²) in [6.07, 6.45) is 4.08. The van der Waals surface area contributed by atoms with E-state index in [0.29, 0.717) is 0 Å². The van der Waals surface area contributed by atoms with Crippen molar-refractivity contribution in [2.24, 2.45) is 0 Å². The van der Waals surface area contributed by atoms with Crippen molar-refractivity contribution in [3.8, 4) is 17.2 Å². The zero-order valence-electron chi connectivity index (χ0n) is 17.8. The number of aromatic nitrogens is 3. The Morgan fingerprint density at radius 2 is 1.42 bits per heavy atom. The Hall–Kier alpha value is -3.60. The lowest BCUT2D eigenvalue weighted by atomic mass is 9.84. The predicted molar refractivity (Wildman–Crippen MR) is 119 cm³/mol. The lowest BCUT2D eigenvalue weighted by Gasteiger charge is -2.23. The van der Waals surface area contributed by atoms with Crippen molar-refractivity contribution in [3.05, 3.63) is 102 Å². The molecule has 156 valence electrons. The summed E-state index contributed by atoms with van der Waals surface area (Å²) < 4.78 is 15.4. The highest BCUT2D eigenvalue weighted by molar-refractivity contribution is 5.56. The van der Waals surface area contributed by atoms with Crippen molar-refractivity contribution in [3.63, 3.8) is 0 Å². The van der Waals surface area contributed by atoms with Crippen molar-refractivity contribution in [2.45, 2.75) is 24.8 Å². The van der Waals surface area contributed by atoms with Gasteiger partial charge in [-0.3, -0.25) is 0 Å². The quantitative estimate of drug-likeness (QED) is 0.438. The number of benzene rings is 3. The first kappa shape index (κ1) is 19.4. The SMILES string of the molecule is COc1cccc(OC)c1-n1c[n+]2c(n1)CCC2C(c1ccccc1)c1ccccc1. The van der Waals surface area contributed by atoms with E-state index in [9.17, 15) is 0 Å². The number of fused-ring (bicyclic) bond motifs is 1. The number of ether oxygens (including phenoxy) is 2. The van der Waals surface area contributed by atoms with Gasteiger partial charge in [-0.25, -0.2) is 4.57 Å². The average Bonchev–Trinajstić information content (AvgIpc) is 3.42. The molecule has 5 heteroatoms. The molecule has 0 N–H and O–H groups in total. The molecule has 5 rings (SSSR count). The molecule has 31 heavy (non-hydrogen) atoms. The molecule has 0 saturated carbocycles. The average molecular weight is 413 g/mol. The molecule has 0 spiro atoms. The molecule has 4 aromatic rings. The number of nitrogens with zero attached hydrogens (tertiary/aromatic N) is 3. The van der Waals surface area contributed by atoms with Crippen LogP contribution >= 0.6 is 0 Å². The summed E-state index contributed by atoms with van der Waals surface area (Å²) in [7, 11) is 3.35. The van der Waals surface area contributed by atoms with Gasteiger partial charge in [0.25, 0.3) is 5.82 Å². The van der Waals surface area contributed by atoms with Crippen molar-refractivity contribution in [1.82, 2.24) is 9.78 Å². The highest BCUT2D eigenvalue weighted by Gasteiger charge is 2.39. The molecule has 1 aliphatic heterocycles. The summed E-state index contributed by atoms with van der Waals surface area (Å²) in [5.41, 5.74) is 3.47. The molecular weight excluding hydrogens is 386 g/mol. The van der Waals surface area contributed by atoms with Crippen LogP contribution in [0, 0.1) is 0 Å². The molecule has 0 aliphatic carbocycles. The highest BCUT2D eigenvalue weighted by atomic mass is 16.5. The largest absolute Gasteiger partial charge is 0.493 e. The molecule has 0 amide bonds. The van der Waals surface area contributed by atoms with Crippen LogP contribution in [0.5, 0.6) is 11.5 Å². The lowest BCUT2D eigenvalue weighted by Crippen LogP contribution is -2.40. The third-order valence-electron chi connectivity index (χ3n) is 6.11. The lowest BCUT2D eigenvalue weighted by molar-refractivity contribution is -0.718. The fraction of sp³-hybridized carbons (Fsp3) is 0.231. The Balaban J connectivity index is 1.61. The standard InChI is InChI=1S/C26H26N3O2/c1-30-22-14-9-15-23(31-2)26(22)29-18-28-21(16-17-24(28)27-29)25(19-10-5-3-6-11-19)20-12-7-4-8-13-20/h3-15,18,21,25H,16-17H2,1-2H3/q+1. The van der Waals surface area contributed by atoms with E-state index in [0.717, 1.165) is 35.9 Å². The van der Waals surface area contributed by atoms with Crippen molar-refractivity contribution < 1.29 is 14.0 Å². The molecule has 3 aromatic carbocycles. The van der Waals surface area contributed by atoms with Crippen LogP contribution < -0.4 is 14.0 Å². The minimum atomic E-state index is 0.255. The minimum Gasteiger partial charge on any atom is -0.493 e. The van der Waals surface area contributed by atoms with Gasteiger partial charge < -0.3 is 9.47 Å². The minimum absolute atomic E-state index is 0.255. The van der Waals surface area contributed by atoms with Gasteiger partial charge in [-0.2, -0.15) is 0 Å². The van der Waals surface area contributed by atoms with E-state index < -0.39 is 0 Å². The molecular formula is C26H26N3O2+. The van der Waals surface area contributed by atoms with Crippen LogP contribution in [0.4, 0.5) is 0 Å². The fourth-order valence-electron chi connectivity index (χ4n) is 4.71. The van der Waals surface area contributed by atoms with Gasteiger partial charge in [0.05, 0.1) is 20.3 Å². The highest BCUT2D eigenvalue weighted by Crippen LogP contribution is 2.38. The molecule has 0 saturated heterocycles. The molecule has 0 radical (unpaired) electrons. The molecule has 5 nitrogen and oxygen atoms in total. The van der Waals surface area contributed by atoms with Gasteiger partial charge >= 0.3 is 0 Å². The van der Waals surface area contributed by atoms with Crippen LogP contribution in [0.1, 0.15) is 35.3 Å². The second-order valence-electron chi connectivity index (χ2n) is 7.80. The summed E-state index contributed by atoms with van der Waals surface area (Å²) in [4.78, 5) is 0. The maximum atomic E-state index is 5.61. The number of aryl methyl sites for hydroxylation is 1. The Bertz CT molecular complexity index is 1110. The van der Waals surface area contributed by atoms with Gasteiger partial charge in [0.2, 0.25) is 12.0 Å². The zero-order chi connectivity index (χ0) is 21.2. The zero-order valence-corrected chi connectivity index (χ0v) is 17.8. The normalized spacial score (nSPS) is 15.1. The van der Waals surface area contributed by atoms with E-state index in [2.05, 4.69) is 71.6 Å². The Kier molecular flexibility index (Phi) is 5.16. The first-order valence-corrected chi connectivity index (χ1v) is 10.6. The van der Waals surface area contributed by atoms with Gasteiger partial charge in [-0.1, -0.05) is 71.4 Å². The Morgan fingerprint density at radius 3 is 1.97 bits per heavy atom.